The van der Waals surface area contributed by atoms with E-state index in [0.717, 1.165) is 39.1 Å². The van der Waals surface area contributed by atoms with Gasteiger partial charge in [0.15, 0.2) is 0 Å². The van der Waals surface area contributed by atoms with Crippen molar-refractivity contribution in [1.29, 1.82) is 0 Å². The number of likely N-dealkylation sites (tertiary alicyclic amines) is 1. The summed E-state index contributed by atoms with van der Waals surface area (Å²) in [5.41, 5.74) is 1.09. The highest BCUT2D eigenvalue weighted by atomic mass is 16.5. The maximum Gasteiger partial charge on any atom is 0.225 e. The van der Waals surface area contributed by atoms with Crippen molar-refractivity contribution < 1.29 is 9.53 Å². The second kappa shape index (κ2) is 5.57. The molecule has 4 fully saturated rings. The quantitative estimate of drug-likeness (QED) is 0.856. The third-order valence-electron chi connectivity index (χ3n) is 6.54. The number of hydrogen-bond acceptors (Lipinski definition) is 3. The molecule has 5 rings (SSSR count). The number of amides is 1. The first-order chi connectivity index (χ1) is 11.8. The molecule has 4 heteroatoms. The average molecular weight is 326 g/mol. The Bertz CT molecular complexity index is 630. The maximum absolute atomic E-state index is 12.7. The van der Waals surface area contributed by atoms with E-state index in [9.17, 15) is 4.79 Å². The van der Waals surface area contributed by atoms with Crippen LogP contribution in [0.2, 0.25) is 0 Å². The van der Waals surface area contributed by atoms with E-state index in [4.69, 9.17) is 4.74 Å². The molecule has 1 aliphatic carbocycles. The van der Waals surface area contributed by atoms with Crippen molar-refractivity contribution in [1.82, 2.24) is 9.80 Å². The SMILES string of the molecule is O=C1CC[C@@H]2CN(Cc3ccccc3)CC[C@@]23OC[C@H](C2CC2)N13. The number of carbonyl (C=O) groups is 1. The van der Waals surface area contributed by atoms with Crippen LogP contribution in [0.1, 0.15) is 37.7 Å². The van der Waals surface area contributed by atoms with Gasteiger partial charge in [-0.1, -0.05) is 30.3 Å². The molecule has 0 unspecified atom stereocenters. The van der Waals surface area contributed by atoms with Crippen LogP contribution in [-0.4, -0.2) is 47.2 Å². The van der Waals surface area contributed by atoms with Gasteiger partial charge in [0.05, 0.1) is 12.6 Å². The number of hydrogen-bond donors (Lipinski definition) is 0. The number of piperidine rings is 2. The molecule has 1 aromatic rings. The zero-order valence-electron chi connectivity index (χ0n) is 14.2. The molecule has 3 saturated heterocycles. The van der Waals surface area contributed by atoms with Gasteiger partial charge in [-0.15, -0.1) is 0 Å². The van der Waals surface area contributed by atoms with E-state index in [1.807, 2.05) is 0 Å². The first kappa shape index (κ1) is 14.9. The van der Waals surface area contributed by atoms with Crippen LogP contribution in [0, 0.1) is 11.8 Å². The summed E-state index contributed by atoms with van der Waals surface area (Å²) in [5, 5.41) is 0. The summed E-state index contributed by atoms with van der Waals surface area (Å²) in [4.78, 5) is 17.4. The van der Waals surface area contributed by atoms with E-state index in [0.29, 0.717) is 30.2 Å². The summed E-state index contributed by atoms with van der Waals surface area (Å²) in [5.74, 6) is 1.52. The molecule has 0 bridgehead atoms. The molecule has 24 heavy (non-hydrogen) atoms. The van der Waals surface area contributed by atoms with E-state index in [1.165, 1.54) is 18.4 Å². The van der Waals surface area contributed by atoms with Gasteiger partial charge >= 0.3 is 0 Å². The van der Waals surface area contributed by atoms with Gasteiger partial charge in [-0.3, -0.25) is 9.69 Å². The van der Waals surface area contributed by atoms with Crippen molar-refractivity contribution in [2.75, 3.05) is 19.7 Å². The van der Waals surface area contributed by atoms with E-state index in [-0.39, 0.29) is 5.72 Å². The van der Waals surface area contributed by atoms with Gasteiger partial charge in [0.25, 0.3) is 0 Å². The lowest BCUT2D eigenvalue weighted by Crippen LogP contribution is -2.64. The topological polar surface area (TPSA) is 32.8 Å². The Morgan fingerprint density at radius 1 is 1.17 bits per heavy atom. The Kier molecular flexibility index (Phi) is 3.46. The number of benzene rings is 1. The number of carbonyl (C=O) groups excluding carboxylic acids is 1. The smallest absolute Gasteiger partial charge is 0.225 e. The zero-order chi connectivity index (χ0) is 16.1. The Hall–Kier alpha value is -1.39. The molecule has 1 spiro atoms. The summed E-state index contributed by atoms with van der Waals surface area (Å²) in [6.45, 7) is 3.85. The van der Waals surface area contributed by atoms with Crippen LogP contribution in [0.25, 0.3) is 0 Å². The fourth-order valence-electron chi connectivity index (χ4n) is 5.17. The van der Waals surface area contributed by atoms with Crippen LogP contribution in [0.15, 0.2) is 30.3 Å². The van der Waals surface area contributed by atoms with Crippen LogP contribution in [0.4, 0.5) is 0 Å². The predicted octanol–water partition coefficient (Wildman–Crippen LogP) is 2.64. The van der Waals surface area contributed by atoms with Crippen molar-refractivity contribution in [3.8, 4) is 0 Å². The molecular weight excluding hydrogens is 300 g/mol. The highest BCUT2D eigenvalue weighted by Crippen LogP contribution is 2.51. The molecule has 3 aliphatic heterocycles. The van der Waals surface area contributed by atoms with E-state index >= 15 is 0 Å². The minimum Gasteiger partial charge on any atom is -0.353 e. The van der Waals surface area contributed by atoms with Gasteiger partial charge in [0, 0.05) is 38.4 Å². The molecule has 0 radical (unpaired) electrons. The van der Waals surface area contributed by atoms with Crippen molar-refractivity contribution >= 4 is 5.91 Å². The van der Waals surface area contributed by atoms with E-state index < -0.39 is 0 Å². The minimum atomic E-state index is -0.282. The monoisotopic (exact) mass is 326 g/mol. The standard InChI is InChI=1S/C20H26N2O2/c23-19-9-8-17-13-21(12-15-4-2-1-3-5-15)11-10-20(17)22(19)18(14-24-20)16-6-7-16/h1-5,16-18H,6-14H2/t17-,18-,20-/m1/s1. The summed E-state index contributed by atoms with van der Waals surface area (Å²) in [7, 11) is 0. The molecule has 0 aromatic heterocycles. The molecule has 128 valence electrons. The third kappa shape index (κ3) is 2.31. The van der Waals surface area contributed by atoms with Gasteiger partial charge < -0.3 is 9.64 Å². The summed E-state index contributed by atoms with van der Waals surface area (Å²) in [6.07, 6.45) is 5.22. The Labute approximate surface area is 143 Å². The van der Waals surface area contributed by atoms with Gasteiger partial charge in [-0.25, -0.2) is 0 Å². The van der Waals surface area contributed by atoms with Crippen molar-refractivity contribution in [2.45, 2.75) is 50.4 Å². The predicted molar refractivity (Wildman–Crippen MR) is 91.1 cm³/mol. The van der Waals surface area contributed by atoms with Crippen LogP contribution in [-0.2, 0) is 16.1 Å². The summed E-state index contributed by atoms with van der Waals surface area (Å²) >= 11 is 0. The van der Waals surface area contributed by atoms with E-state index in [2.05, 4.69) is 40.1 Å². The molecular formula is C20H26N2O2. The lowest BCUT2D eigenvalue weighted by Gasteiger charge is -2.53. The van der Waals surface area contributed by atoms with Gasteiger partial charge in [-0.05, 0) is 30.7 Å². The zero-order valence-corrected chi connectivity index (χ0v) is 14.2. The molecule has 4 aliphatic rings. The number of nitrogens with zero attached hydrogens (tertiary/aromatic N) is 2. The van der Waals surface area contributed by atoms with Gasteiger partial charge in [0.2, 0.25) is 5.91 Å². The summed E-state index contributed by atoms with van der Waals surface area (Å²) in [6, 6.07) is 11.1. The number of ether oxygens (including phenoxy) is 1. The highest BCUT2D eigenvalue weighted by molar-refractivity contribution is 5.78. The second-order valence-corrected chi connectivity index (χ2v) is 8.03. The highest BCUT2D eigenvalue weighted by Gasteiger charge is 2.60. The first-order valence-corrected chi connectivity index (χ1v) is 9.49. The summed E-state index contributed by atoms with van der Waals surface area (Å²) < 4.78 is 6.41. The molecule has 3 heterocycles. The van der Waals surface area contributed by atoms with Crippen LogP contribution < -0.4 is 0 Å². The Morgan fingerprint density at radius 3 is 2.79 bits per heavy atom. The van der Waals surface area contributed by atoms with Crippen LogP contribution in [0.5, 0.6) is 0 Å². The van der Waals surface area contributed by atoms with Crippen LogP contribution >= 0.6 is 0 Å². The fourth-order valence-corrected chi connectivity index (χ4v) is 5.17. The molecule has 4 nitrogen and oxygen atoms in total. The third-order valence-corrected chi connectivity index (χ3v) is 6.54. The normalized spacial score (nSPS) is 36.5. The first-order valence-electron chi connectivity index (χ1n) is 9.49. The fraction of sp³-hybridized carbons (Fsp3) is 0.650. The van der Waals surface area contributed by atoms with E-state index in [1.54, 1.807) is 0 Å². The van der Waals surface area contributed by atoms with Crippen molar-refractivity contribution in [3.63, 3.8) is 0 Å². The lowest BCUT2D eigenvalue weighted by molar-refractivity contribution is -0.192. The minimum absolute atomic E-state index is 0.282. The largest absolute Gasteiger partial charge is 0.353 e. The Balaban J connectivity index is 1.35. The van der Waals surface area contributed by atoms with Crippen molar-refractivity contribution in [2.24, 2.45) is 11.8 Å². The molecule has 0 N–H and O–H groups in total. The van der Waals surface area contributed by atoms with Gasteiger partial charge in [-0.2, -0.15) is 0 Å². The number of rotatable bonds is 3. The maximum atomic E-state index is 12.7. The van der Waals surface area contributed by atoms with Gasteiger partial charge in [0.1, 0.15) is 5.72 Å². The second-order valence-electron chi connectivity index (χ2n) is 8.03. The molecule has 3 atom stereocenters. The molecule has 1 aromatic carbocycles. The lowest BCUT2D eigenvalue weighted by atomic mass is 9.79. The Morgan fingerprint density at radius 2 is 2.00 bits per heavy atom. The molecule has 1 saturated carbocycles. The average Bonchev–Trinajstić information content (AvgIpc) is 3.37. The van der Waals surface area contributed by atoms with Crippen molar-refractivity contribution in [3.05, 3.63) is 35.9 Å². The molecule has 1 amide bonds. The van der Waals surface area contributed by atoms with Crippen LogP contribution in [0.3, 0.4) is 0 Å².